The number of carbonyl (C=O) groups is 2. The Morgan fingerprint density at radius 1 is 1.08 bits per heavy atom. The average Bonchev–Trinajstić information content (AvgIpc) is 2.62. The van der Waals surface area contributed by atoms with Gasteiger partial charge in [0.1, 0.15) is 12.4 Å². The zero-order valence-corrected chi connectivity index (χ0v) is 14.6. The zero-order chi connectivity index (χ0) is 18.2. The van der Waals surface area contributed by atoms with Gasteiger partial charge in [0.25, 0.3) is 0 Å². The molecule has 0 aliphatic rings. The number of nitrogens with one attached hydrogen (secondary N) is 2. The van der Waals surface area contributed by atoms with Crippen LogP contribution in [0.1, 0.15) is 13.8 Å². The van der Waals surface area contributed by atoms with Crippen LogP contribution in [-0.4, -0.2) is 37.6 Å². The highest BCUT2D eigenvalue weighted by Gasteiger charge is 2.17. The van der Waals surface area contributed by atoms with Crippen LogP contribution in [0.4, 0.5) is 0 Å². The smallest absolute Gasteiger partial charge is 0.239 e. The summed E-state index contributed by atoms with van der Waals surface area (Å²) in [5.74, 6) is 0.212. The molecular weight excluding hydrogens is 318 g/mol. The first kappa shape index (κ1) is 18.7. The number of benzene rings is 2. The maximum Gasteiger partial charge on any atom is 0.239 e. The molecule has 0 aliphatic carbocycles. The molecule has 2 rings (SSSR count). The van der Waals surface area contributed by atoms with E-state index in [0.717, 1.165) is 16.5 Å². The normalized spacial score (nSPS) is 12.0. The Morgan fingerprint density at radius 2 is 1.80 bits per heavy atom. The van der Waals surface area contributed by atoms with Crippen molar-refractivity contribution in [2.75, 3.05) is 19.7 Å². The predicted molar refractivity (Wildman–Crippen MR) is 98.3 cm³/mol. The van der Waals surface area contributed by atoms with Gasteiger partial charge in [-0.15, -0.1) is 0 Å². The van der Waals surface area contributed by atoms with Gasteiger partial charge in [0.15, 0.2) is 0 Å². The van der Waals surface area contributed by atoms with Gasteiger partial charge in [0.2, 0.25) is 11.8 Å². The van der Waals surface area contributed by atoms with E-state index in [0.29, 0.717) is 13.2 Å². The topological polar surface area (TPSA) is 93.5 Å². The van der Waals surface area contributed by atoms with Gasteiger partial charge in [-0.1, -0.05) is 50.2 Å². The number of nitrogens with two attached hydrogens (primary N) is 1. The lowest BCUT2D eigenvalue weighted by molar-refractivity contribution is -0.127. The van der Waals surface area contributed by atoms with Crippen LogP contribution in [0, 0.1) is 5.92 Å². The van der Waals surface area contributed by atoms with Crippen molar-refractivity contribution in [1.82, 2.24) is 10.6 Å². The van der Waals surface area contributed by atoms with Crippen LogP contribution in [0.2, 0.25) is 0 Å². The molecule has 25 heavy (non-hydrogen) atoms. The Morgan fingerprint density at radius 3 is 2.56 bits per heavy atom. The molecule has 0 bridgehead atoms. The van der Waals surface area contributed by atoms with Crippen LogP contribution in [0.3, 0.4) is 0 Å². The second kappa shape index (κ2) is 9.03. The maximum atomic E-state index is 11.7. The van der Waals surface area contributed by atoms with E-state index in [1.807, 2.05) is 56.3 Å². The van der Waals surface area contributed by atoms with Gasteiger partial charge in [0, 0.05) is 5.39 Å². The highest BCUT2D eigenvalue weighted by molar-refractivity contribution is 5.88. The molecule has 6 heteroatoms. The standard InChI is InChI=1S/C19H25N3O3/c1-13(2)18(20)19(24)22-12-17(23)21-10-11-25-16-9-5-7-14-6-3-4-8-15(14)16/h3-9,13,18H,10-12,20H2,1-2H3,(H,21,23)(H,22,24)/t18-/m0/s1. The van der Waals surface area contributed by atoms with E-state index in [1.165, 1.54) is 0 Å². The van der Waals surface area contributed by atoms with Gasteiger partial charge < -0.3 is 21.1 Å². The van der Waals surface area contributed by atoms with Crippen molar-refractivity contribution >= 4 is 22.6 Å². The molecule has 6 nitrogen and oxygen atoms in total. The maximum absolute atomic E-state index is 11.7. The summed E-state index contributed by atoms with van der Waals surface area (Å²) in [6.07, 6.45) is 0. The molecule has 0 saturated heterocycles. The van der Waals surface area contributed by atoms with Crippen molar-refractivity contribution in [3.63, 3.8) is 0 Å². The molecule has 4 N–H and O–H groups in total. The molecule has 0 saturated carbocycles. The third kappa shape index (κ3) is 5.46. The van der Waals surface area contributed by atoms with E-state index < -0.39 is 6.04 Å². The molecule has 1 atom stereocenters. The number of ether oxygens (including phenoxy) is 1. The summed E-state index contributed by atoms with van der Waals surface area (Å²) < 4.78 is 5.74. The minimum absolute atomic E-state index is 0.0251. The molecule has 0 heterocycles. The Labute approximate surface area is 147 Å². The Bertz CT molecular complexity index is 725. The lowest BCUT2D eigenvalue weighted by atomic mass is 10.1. The van der Waals surface area contributed by atoms with Gasteiger partial charge in [-0.25, -0.2) is 0 Å². The van der Waals surface area contributed by atoms with Crippen molar-refractivity contribution in [3.8, 4) is 5.75 Å². The van der Waals surface area contributed by atoms with Crippen LogP contribution in [0.25, 0.3) is 10.8 Å². The number of fused-ring (bicyclic) bond motifs is 1. The summed E-state index contributed by atoms with van der Waals surface area (Å²) in [5.41, 5.74) is 5.71. The molecule has 0 aliphatic heterocycles. The Balaban J connectivity index is 1.72. The summed E-state index contributed by atoms with van der Waals surface area (Å²) >= 11 is 0. The van der Waals surface area contributed by atoms with Crippen molar-refractivity contribution in [2.24, 2.45) is 11.7 Å². The fourth-order valence-corrected chi connectivity index (χ4v) is 2.32. The first-order chi connectivity index (χ1) is 12.0. The van der Waals surface area contributed by atoms with E-state index in [4.69, 9.17) is 10.5 Å². The molecule has 0 unspecified atom stereocenters. The summed E-state index contributed by atoms with van der Waals surface area (Å²) in [5, 5.41) is 7.37. The molecule has 0 fully saturated rings. The first-order valence-corrected chi connectivity index (χ1v) is 8.39. The highest BCUT2D eigenvalue weighted by Crippen LogP contribution is 2.24. The van der Waals surface area contributed by atoms with Crippen molar-refractivity contribution in [3.05, 3.63) is 42.5 Å². The quantitative estimate of drug-likeness (QED) is 0.632. The Hall–Kier alpha value is -2.60. The molecule has 2 amide bonds. The molecule has 2 aromatic carbocycles. The van der Waals surface area contributed by atoms with Gasteiger partial charge >= 0.3 is 0 Å². The van der Waals surface area contributed by atoms with Crippen LogP contribution in [0.5, 0.6) is 5.75 Å². The van der Waals surface area contributed by atoms with Crippen LogP contribution < -0.4 is 21.1 Å². The van der Waals surface area contributed by atoms with E-state index in [-0.39, 0.29) is 24.3 Å². The third-order valence-corrected chi connectivity index (χ3v) is 3.88. The summed E-state index contributed by atoms with van der Waals surface area (Å²) in [4.78, 5) is 23.4. The van der Waals surface area contributed by atoms with Crippen molar-refractivity contribution in [1.29, 1.82) is 0 Å². The average molecular weight is 343 g/mol. The summed E-state index contributed by atoms with van der Waals surface area (Å²) in [6.45, 7) is 4.32. The fourth-order valence-electron chi connectivity index (χ4n) is 2.32. The molecular formula is C19H25N3O3. The van der Waals surface area contributed by atoms with Crippen LogP contribution in [0.15, 0.2) is 42.5 Å². The zero-order valence-electron chi connectivity index (χ0n) is 14.6. The lowest BCUT2D eigenvalue weighted by Crippen LogP contribution is -2.47. The lowest BCUT2D eigenvalue weighted by Gasteiger charge is -2.15. The van der Waals surface area contributed by atoms with Gasteiger partial charge in [-0.05, 0) is 17.4 Å². The predicted octanol–water partition coefficient (Wildman–Crippen LogP) is 1.43. The minimum atomic E-state index is -0.609. The van der Waals surface area contributed by atoms with Gasteiger partial charge in [-0.2, -0.15) is 0 Å². The fraction of sp³-hybridized carbons (Fsp3) is 0.368. The molecule has 134 valence electrons. The number of carbonyl (C=O) groups excluding carboxylic acids is 2. The second-order valence-corrected chi connectivity index (χ2v) is 6.16. The SMILES string of the molecule is CC(C)[C@H](N)C(=O)NCC(=O)NCCOc1cccc2ccccc12. The molecule has 0 spiro atoms. The Kier molecular flexibility index (Phi) is 6.77. The van der Waals surface area contributed by atoms with Gasteiger partial charge in [-0.3, -0.25) is 9.59 Å². The number of amides is 2. The van der Waals surface area contributed by atoms with E-state index in [9.17, 15) is 9.59 Å². The van der Waals surface area contributed by atoms with Crippen LogP contribution >= 0.6 is 0 Å². The summed E-state index contributed by atoms with van der Waals surface area (Å²) in [7, 11) is 0. The largest absolute Gasteiger partial charge is 0.491 e. The van der Waals surface area contributed by atoms with Crippen molar-refractivity contribution < 1.29 is 14.3 Å². The number of rotatable bonds is 8. The van der Waals surface area contributed by atoms with E-state index >= 15 is 0 Å². The molecule has 0 aromatic heterocycles. The highest BCUT2D eigenvalue weighted by atomic mass is 16.5. The monoisotopic (exact) mass is 343 g/mol. The number of hydrogen-bond acceptors (Lipinski definition) is 4. The summed E-state index contributed by atoms with van der Waals surface area (Å²) in [6, 6.07) is 13.2. The third-order valence-electron chi connectivity index (χ3n) is 3.88. The van der Waals surface area contributed by atoms with E-state index in [1.54, 1.807) is 0 Å². The number of hydrogen-bond donors (Lipinski definition) is 3. The molecule has 0 radical (unpaired) electrons. The van der Waals surface area contributed by atoms with Crippen LogP contribution in [-0.2, 0) is 9.59 Å². The van der Waals surface area contributed by atoms with E-state index in [2.05, 4.69) is 10.6 Å². The first-order valence-electron chi connectivity index (χ1n) is 8.39. The van der Waals surface area contributed by atoms with Gasteiger partial charge in [0.05, 0.1) is 19.1 Å². The van der Waals surface area contributed by atoms with Crippen molar-refractivity contribution in [2.45, 2.75) is 19.9 Å². The second-order valence-electron chi connectivity index (χ2n) is 6.16. The molecule has 2 aromatic rings. The minimum Gasteiger partial charge on any atom is -0.491 e.